The topological polar surface area (TPSA) is 60.2 Å². The van der Waals surface area contributed by atoms with Gasteiger partial charge in [-0.15, -0.1) is 0 Å². The highest BCUT2D eigenvalue weighted by molar-refractivity contribution is 7.91. The molecule has 1 saturated heterocycles. The zero-order chi connectivity index (χ0) is 10.1. The molecule has 78 valence electrons. The highest BCUT2D eigenvalue weighted by atomic mass is 32.2. The lowest BCUT2D eigenvalue weighted by atomic mass is 9.87. The first kappa shape index (κ1) is 11.0. The van der Waals surface area contributed by atoms with Crippen LogP contribution in [-0.2, 0) is 9.84 Å². The van der Waals surface area contributed by atoms with E-state index in [4.69, 9.17) is 5.73 Å². The molecular formula is C9H19NO2S. The van der Waals surface area contributed by atoms with Crippen molar-refractivity contribution < 1.29 is 8.42 Å². The number of sulfone groups is 1. The molecule has 2 N–H and O–H groups in total. The summed E-state index contributed by atoms with van der Waals surface area (Å²) < 4.78 is 22.7. The van der Waals surface area contributed by atoms with Crippen LogP contribution in [0.15, 0.2) is 0 Å². The fraction of sp³-hybridized carbons (Fsp3) is 1.00. The summed E-state index contributed by atoms with van der Waals surface area (Å²) in [5.41, 5.74) is 5.60. The van der Waals surface area contributed by atoms with Crippen LogP contribution in [0.1, 0.15) is 33.1 Å². The summed E-state index contributed by atoms with van der Waals surface area (Å²) in [7, 11) is -2.86. The molecule has 1 unspecified atom stereocenters. The molecule has 13 heavy (non-hydrogen) atoms. The largest absolute Gasteiger partial charge is 0.324 e. The third-order valence-corrected chi connectivity index (χ3v) is 4.38. The van der Waals surface area contributed by atoms with Crippen LogP contribution in [0.5, 0.6) is 0 Å². The van der Waals surface area contributed by atoms with Gasteiger partial charge in [0.25, 0.3) is 0 Å². The normalized spacial score (nSPS) is 33.5. The quantitative estimate of drug-likeness (QED) is 0.730. The molecule has 0 aliphatic carbocycles. The van der Waals surface area contributed by atoms with Crippen molar-refractivity contribution in [3.05, 3.63) is 0 Å². The van der Waals surface area contributed by atoms with Crippen LogP contribution in [0.25, 0.3) is 0 Å². The predicted molar refractivity (Wildman–Crippen MR) is 54.3 cm³/mol. The number of hydrogen-bond acceptors (Lipinski definition) is 3. The van der Waals surface area contributed by atoms with Gasteiger partial charge in [-0.05, 0) is 25.2 Å². The van der Waals surface area contributed by atoms with Gasteiger partial charge >= 0.3 is 0 Å². The van der Waals surface area contributed by atoms with E-state index >= 15 is 0 Å². The lowest BCUT2D eigenvalue weighted by Crippen LogP contribution is -2.50. The summed E-state index contributed by atoms with van der Waals surface area (Å²) in [4.78, 5) is 0. The molecule has 1 heterocycles. The van der Waals surface area contributed by atoms with Gasteiger partial charge in [0.15, 0.2) is 9.84 Å². The summed E-state index contributed by atoms with van der Waals surface area (Å²) in [5, 5.41) is 0. The maximum absolute atomic E-state index is 11.4. The molecule has 0 aromatic rings. The Labute approximate surface area is 80.6 Å². The molecule has 0 aromatic heterocycles. The third-order valence-electron chi connectivity index (χ3n) is 2.45. The van der Waals surface area contributed by atoms with Crippen LogP contribution in [-0.4, -0.2) is 25.5 Å². The van der Waals surface area contributed by atoms with E-state index in [0.717, 1.165) is 19.3 Å². The van der Waals surface area contributed by atoms with Crippen molar-refractivity contribution in [3.8, 4) is 0 Å². The monoisotopic (exact) mass is 205 g/mol. The summed E-state index contributed by atoms with van der Waals surface area (Å²) >= 11 is 0. The first-order valence-electron chi connectivity index (χ1n) is 4.82. The Bertz CT molecular complexity index is 271. The summed E-state index contributed by atoms with van der Waals surface area (Å²) in [6.07, 6.45) is 2.39. The molecule has 0 radical (unpaired) electrons. The second-order valence-electron chi connectivity index (χ2n) is 4.66. The molecule has 1 aliphatic heterocycles. The number of nitrogens with two attached hydrogens (primary N) is 1. The van der Waals surface area contributed by atoms with Crippen LogP contribution >= 0.6 is 0 Å². The molecule has 4 heteroatoms. The Hall–Kier alpha value is -0.0900. The van der Waals surface area contributed by atoms with Gasteiger partial charge in [0.05, 0.1) is 11.5 Å². The average molecular weight is 205 g/mol. The first-order valence-corrected chi connectivity index (χ1v) is 6.64. The van der Waals surface area contributed by atoms with Gasteiger partial charge < -0.3 is 5.73 Å². The van der Waals surface area contributed by atoms with Crippen LogP contribution in [0, 0.1) is 5.92 Å². The highest BCUT2D eigenvalue weighted by Gasteiger charge is 2.35. The smallest absolute Gasteiger partial charge is 0.152 e. The SMILES string of the molecule is CC(C)CC1(N)CCCS(=O)(=O)C1. The van der Waals surface area contributed by atoms with Crippen LogP contribution in [0.4, 0.5) is 0 Å². The minimum atomic E-state index is -2.86. The van der Waals surface area contributed by atoms with Gasteiger partial charge in [0.1, 0.15) is 0 Å². The summed E-state index contributed by atoms with van der Waals surface area (Å²) in [6, 6.07) is 0. The van der Waals surface area contributed by atoms with Crippen molar-refractivity contribution in [2.24, 2.45) is 11.7 Å². The van der Waals surface area contributed by atoms with E-state index in [1.165, 1.54) is 0 Å². The highest BCUT2D eigenvalue weighted by Crippen LogP contribution is 2.26. The zero-order valence-corrected chi connectivity index (χ0v) is 9.23. The Morgan fingerprint density at radius 1 is 1.46 bits per heavy atom. The van der Waals surface area contributed by atoms with Crippen LogP contribution < -0.4 is 5.73 Å². The molecule has 1 rings (SSSR count). The van der Waals surface area contributed by atoms with Crippen molar-refractivity contribution in [1.82, 2.24) is 0 Å². The molecule has 0 bridgehead atoms. The van der Waals surface area contributed by atoms with Gasteiger partial charge in [-0.3, -0.25) is 0 Å². The molecule has 0 amide bonds. The zero-order valence-electron chi connectivity index (χ0n) is 8.41. The Morgan fingerprint density at radius 2 is 2.08 bits per heavy atom. The molecule has 0 aromatic carbocycles. The summed E-state index contributed by atoms with van der Waals surface area (Å²) in [6.45, 7) is 4.16. The van der Waals surface area contributed by atoms with E-state index in [-0.39, 0.29) is 5.75 Å². The van der Waals surface area contributed by atoms with Gasteiger partial charge in [0.2, 0.25) is 0 Å². The average Bonchev–Trinajstić information content (AvgIpc) is 1.79. The second-order valence-corrected chi connectivity index (χ2v) is 6.84. The maximum atomic E-state index is 11.4. The molecule has 0 spiro atoms. The number of rotatable bonds is 2. The Kier molecular flexibility index (Phi) is 3.02. The standard InChI is InChI=1S/C9H19NO2S/c1-8(2)6-9(10)4-3-5-13(11,12)7-9/h8H,3-7,10H2,1-2H3. The lowest BCUT2D eigenvalue weighted by Gasteiger charge is -2.34. The molecule has 1 fully saturated rings. The van der Waals surface area contributed by atoms with Gasteiger partial charge in [-0.25, -0.2) is 8.42 Å². The van der Waals surface area contributed by atoms with Crippen LogP contribution in [0.2, 0.25) is 0 Å². The molecular weight excluding hydrogens is 186 g/mol. The first-order chi connectivity index (χ1) is 5.83. The van der Waals surface area contributed by atoms with E-state index in [2.05, 4.69) is 13.8 Å². The predicted octanol–water partition coefficient (Wildman–Crippen LogP) is 0.939. The fourth-order valence-electron chi connectivity index (χ4n) is 2.20. The van der Waals surface area contributed by atoms with Crippen molar-refractivity contribution in [3.63, 3.8) is 0 Å². The minimum absolute atomic E-state index is 0.179. The molecule has 0 saturated carbocycles. The van der Waals surface area contributed by atoms with Crippen molar-refractivity contribution in [2.45, 2.75) is 38.6 Å². The van der Waals surface area contributed by atoms with E-state index in [0.29, 0.717) is 11.7 Å². The number of hydrogen-bond donors (Lipinski definition) is 1. The van der Waals surface area contributed by atoms with Crippen molar-refractivity contribution in [2.75, 3.05) is 11.5 Å². The molecule has 1 aliphatic rings. The van der Waals surface area contributed by atoms with Gasteiger partial charge in [-0.1, -0.05) is 13.8 Å². The van der Waals surface area contributed by atoms with E-state index in [1.54, 1.807) is 0 Å². The minimum Gasteiger partial charge on any atom is -0.324 e. The van der Waals surface area contributed by atoms with E-state index in [1.807, 2.05) is 0 Å². The van der Waals surface area contributed by atoms with E-state index in [9.17, 15) is 8.42 Å². The van der Waals surface area contributed by atoms with E-state index < -0.39 is 15.4 Å². The Balaban J connectivity index is 2.69. The summed E-state index contributed by atoms with van der Waals surface area (Å²) in [5.74, 6) is 0.973. The Morgan fingerprint density at radius 3 is 2.54 bits per heavy atom. The molecule has 3 nitrogen and oxygen atoms in total. The maximum Gasteiger partial charge on any atom is 0.152 e. The second kappa shape index (κ2) is 3.58. The fourth-order valence-corrected chi connectivity index (χ4v) is 4.07. The molecule has 1 atom stereocenters. The lowest BCUT2D eigenvalue weighted by molar-refractivity contribution is 0.336. The third kappa shape index (κ3) is 3.27. The van der Waals surface area contributed by atoms with Crippen molar-refractivity contribution >= 4 is 9.84 Å². The van der Waals surface area contributed by atoms with Gasteiger partial charge in [-0.2, -0.15) is 0 Å². The van der Waals surface area contributed by atoms with Gasteiger partial charge in [0, 0.05) is 5.54 Å². The van der Waals surface area contributed by atoms with Crippen LogP contribution in [0.3, 0.4) is 0 Å². The van der Waals surface area contributed by atoms with Crippen molar-refractivity contribution in [1.29, 1.82) is 0 Å².